The number of hydrogen-bond acceptors (Lipinski definition) is 7. The van der Waals surface area contributed by atoms with Crippen molar-refractivity contribution in [1.82, 2.24) is 9.88 Å². The first-order valence-electron chi connectivity index (χ1n) is 10.2. The highest BCUT2D eigenvalue weighted by molar-refractivity contribution is 6.36. The number of benzene rings is 2. The molecule has 0 spiro atoms. The van der Waals surface area contributed by atoms with Crippen LogP contribution in [0.2, 0.25) is 0 Å². The highest BCUT2D eigenvalue weighted by atomic mass is 16.5. The van der Waals surface area contributed by atoms with Crippen molar-refractivity contribution in [2.24, 2.45) is 0 Å². The number of nitrogens with zero attached hydrogens (tertiary/aromatic N) is 2. The number of anilines is 1. The predicted molar refractivity (Wildman–Crippen MR) is 123 cm³/mol. The molecule has 0 unspecified atom stereocenters. The van der Waals surface area contributed by atoms with E-state index in [-0.39, 0.29) is 17.8 Å². The largest absolute Gasteiger partial charge is 0.497 e. The van der Waals surface area contributed by atoms with Gasteiger partial charge >= 0.3 is 0 Å². The SMILES string of the molecule is COc1cccc(NC2=C(c3ccc(OC)c(OC)c3)C(=O)N(Cc3ccncc3)C2=O)c1. The Kier molecular flexibility index (Phi) is 6.26. The van der Waals surface area contributed by atoms with Crippen molar-refractivity contribution in [1.29, 1.82) is 0 Å². The molecule has 0 saturated heterocycles. The first-order valence-corrected chi connectivity index (χ1v) is 10.2. The summed E-state index contributed by atoms with van der Waals surface area (Å²) in [5, 5.41) is 3.13. The molecule has 0 fully saturated rings. The average Bonchev–Trinajstić information content (AvgIpc) is 3.08. The number of nitrogens with one attached hydrogen (secondary N) is 1. The molecule has 0 saturated carbocycles. The average molecular weight is 445 g/mol. The molecule has 8 heteroatoms. The highest BCUT2D eigenvalue weighted by Gasteiger charge is 2.39. The minimum Gasteiger partial charge on any atom is -0.497 e. The number of methoxy groups -OCH3 is 3. The molecule has 168 valence electrons. The maximum absolute atomic E-state index is 13.5. The van der Waals surface area contributed by atoms with E-state index in [9.17, 15) is 9.59 Å². The minimum absolute atomic E-state index is 0.125. The van der Waals surface area contributed by atoms with Gasteiger partial charge in [0.25, 0.3) is 11.8 Å². The molecule has 1 aliphatic rings. The van der Waals surface area contributed by atoms with E-state index in [1.807, 2.05) is 0 Å². The molecule has 2 amide bonds. The quantitative estimate of drug-likeness (QED) is 0.531. The van der Waals surface area contributed by atoms with Gasteiger partial charge in [-0.2, -0.15) is 0 Å². The van der Waals surface area contributed by atoms with Crippen LogP contribution in [0.3, 0.4) is 0 Å². The molecular formula is C25H23N3O5. The summed E-state index contributed by atoms with van der Waals surface area (Å²) in [6, 6.07) is 15.8. The number of rotatable bonds is 8. The van der Waals surface area contributed by atoms with Crippen LogP contribution in [-0.4, -0.2) is 43.0 Å². The summed E-state index contributed by atoms with van der Waals surface area (Å²) in [6.07, 6.45) is 3.25. The van der Waals surface area contributed by atoms with Crippen LogP contribution < -0.4 is 19.5 Å². The summed E-state index contributed by atoms with van der Waals surface area (Å²) in [7, 11) is 4.62. The number of ether oxygens (including phenoxy) is 3. The number of pyridine rings is 1. The van der Waals surface area contributed by atoms with E-state index in [1.54, 1.807) is 74.1 Å². The van der Waals surface area contributed by atoms with Crippen LogP contribution in [0.15, 0.2) is 72.7 Å². The molecule has 33 heavy (non-hydrogen) atoms. The summed E-state index contributed by atoms with van der Waals surface area (Å²) in [4.78, 5) is 32.1. The molecule has 8 nitrogen and oxygen atoms in total. The Balaban J connectivity index is 1.78. The van der Waals surface area contributed by atoms with E-state index < -0.39 is 11.8 Å². The van der Waals surface area contributed by atoms with Crippen molar-refractivity contribution < 1.29 is 23.8 Å². The Hall–Kier alpha value is -4.33. The van der Waals surface area contributed by atoms with Crippen LogP contribution >= 0.6 is 0 Å². The van der Waals surface area contributed by atoms with Crippen LogP contribution in [-0.2, 0) is 16.1 Å². The fourth-order valence-corrected chi connectivity index (χ4v) is 3.61. The van der Waals surface area contributed by atoms with E-state index >= 15 is 0 Å². The smallest absolute Gasteiger partial charge is 0.278 e. The Bertz CT molecular complexity index is 1220. The molecule has 4 rings (SSSR count). The molecule has 0 bridgehead atoms. The summed E-state index contributed by atoms with van der Waals surface area (Å²) in [5.41, 5.74) is 2.37. The van der Waals surface area contributed by atoms with E-state index in [4.69, 9.17) is 14.2 Å². The Morgan fingerprint density at radius 3 is 2.30 bits per heavy atom. The van der Waals surface area contributed by atoms with Crippen LogP contribution in [0.1, 0.15) is 11.1 Å². The summed E-state index contributed by atoms with van der Waals surface area (Å²) in [5.74, 6) is 0.767. The third-order valence-electron chi connectivity index (χ3n) is 5.27. The Labute approximate surface area is 191 Å². The Morgan fingerprint density at radius 2 is 1.61 bits per heavy atom. The van der Waals surface area contributed by atoms with Gasteiger partial charge in [0.15, 0.2) is 11.5 Å². The molecular weight excluding hydrogens is 422 g/mol. The van der Waals surface area contributed by atoms with Gasteiger partial charge in [-0.15, -0.1) is 0 Å². The summed E-state index contributed by atoms with van der Waals surface area (Å²) >= 11 is 0. The van der Waals surface area contributed by atoms with Gasteiger partial charge < -0.3 is 19.5 Å². The molecule has 3 aromatic rings. The van der Waals surface area contributed by atoms with Crippen LogP contribution in [0.5, 0.6) is 17.2 Å². The van der Waals surface area contributed by atoms with Gasteiger partial charge in [0, 0.05) is 24.1 Å². The second-order valence-corrected chi connectivity index (χ2v) is 7.23. The van der Waals surface area contributed by atoms with Crippen molar-refractivity contribution >= 4 is 23.1 Å². The van der Waals surface area contributed by atoms with Gasteiger partial charge in [0.05, 0.1) is 33.4 Å². The van der Waals surface area contributed by atoms with Gasteiger partial charge in [0.1, 0.15) is 11.4 Å². The van der Waals surface area contributed by atoms with Crippen molar-refractivity contribution in [2.45, 2.75) is 6.54 Å². The van der Waals surface area contributed by atoms with Crippen molar-refractivity contribution in [2.75, 3.05) is 26.6 Å². The maximum Gasteiger partial charge on any atom is 0.278 e. The van der Waals surface area contributed by atoms with Gasteiger partial charge in [0.2, 0.25) is 0 Å². The fraction of sp³-hybridized carbons (Fsp3) is 0.160. The first kappa shape index (κ1) is 21.9. The van der Waals surface area contributed by atoms with Gasteiger partial charge in [-0.25, -0.2) is 0 Å². The number of imide groups is 1. The van der Waals surface area contributed by atoms with Gasteiger partial charge in [-0.3, -0.25) is 19.5 Å². The van der Waals surface area contributed by atoms with Gasteiger partial charge in [-0.1, -0.05) is 12.1 Å². The lowest BCUT2D eigenvalue weighted by Crippen LogP contribution is -2.32. The molecule has 0 aliphatic carbocycles. The minimum atomic E-state index is -0.426. The zero-order valence-corrected chi connectivity index (χ0v) is 18.5. The van der Waals surface area contributed by atoms with Crippen molar-refractivity contribution in [3.63, 3.8) is 0 Å². The van der Waals surface area contributed by atoms with E-state index in [2.05, 4.69) is 10.3 Å². The fourth-order valence-electron chi connectivity index (χ4n) is 3.61. The number of hydrogen-bond donors (Lipinski definition) is 1. The molecule has 2 aromatic carbocycles. The topological polar surface area (TPSA) is 90.0 Å². The van der Waals surface area contributed by atoms with Crippen LogP contribution in [0.25, 0.3) is 5.57 Å². The second-order valence-electron chi connectivity index (χ2n) is 7.23. The number of amides is 2. The van der Waals surface area contributed by atoms with Gasteiger partial charge in [-0.05, 0) is 47.5 Å². The zero-order chi connectivity index (χ0) is 23.4. The lowest BCUT2D eigenvalue weighted by atomic mass is 10.0. The Morgan fingerprint density at radius 1 is 0.848 bits per heavy atom. The maximum atomic E-state index is 13.5. The number of carbonyl (C=O) groups excluding carboxylic acids is 2. The third-order valence-corrected chi connectivity index (χ3v) is 5.27. The zero-order valence-electron chi connectivity index (χ0n) is 18.5. The monoisotopic (exact) mass is 445 g/mol. The summed E-state index contributed by atoms with van der Waals surface area (Å²) < 4.78 is 16.0. The first-order chi connectivity index (χ1) is 16.0. The second kappa shape index (κ2) is 9.44. The van der Waals surface area contributed by atoms with Crippen LogP contribution in [0, 0.1) is 0 Å². The molecule has 1 N–H and O–H groups in total. The molecule has 0 radical (unpaired) electrons. The highest BCUT2D eigenvalue weighted by Crippen LogP contribution is 2.36. The van der Waals surface area contributed by atoms with Crippen molar-refractivity contribution in [3.05, 3.63) is 83.8 Å². The molecule has 2 heterocycles. The lowest BCUT2D eigenvalue weighted by Gasteiger charge is -2.15. The van der Waals surface area contributed by atoms with E-state index in [0.29, 0.717) is 28.5 Å². The third kappa shape index (κ3) is 4.36. The molecule has 1 aromatic heterocycles. The van der Waals surface area contributed by atoms with E-state index in [1.165, 1.54) is 19.1 Å². The standard InChI is InChI=1S/C25H23N3O5/c1-31-19-6-4-5-18(14-19)27-23-22(17-7-8-20(32-2)21(13-17)33-3)24(29)28(25(23)30)15-16-9-11-26-12-10-16/h4-14,27H,15H2,1-3H3. The molecule has 0 atom stereocenters. The predicted octanol–water partition coefficient (Wildman–Crippen LogP) is 3.50. The lowest BCUT2D eigenvalue weighted by molar-refractivity contribution is -0.137. The summed E-state index contributed by atoms with van der Waals surface area (Å²) in [6.45, 7) is 0.125. The van der Waals surface area contributed by atoms with Crippen LogP contribution in [0.4, 0.5) is 5.69 Å². The number of carbonyl (C=O) groups is 2. The normalized spacial score (nSPS) is 13.4. The molecule has 1 aliphatic heterocycles. The number of aromatic nitrogens is 1. The van der Waals surface area contributed by atoms with Crippen molar-refractivity contribution in [3.8, 4) is 17.2 Å². The van der Waals surface area contributed by atoms with E-state index in [0.717, 1.165) is 5.56 Å².